The molecule has 0 N–H and O–H groups in total. The number of carbonyl (C=O) groups is 1. The fourth-order valence-electron chi connectivity index (χ4n) is 6.92. The number of aromatic nitrogens is 2. The summed E-state index contributed by atoms with van der Waals surface area (Å²) in [5.74, 6) is 0.989. The van der Waals surface area contributed by atoms with Crippen molar-refractivity contribution in [2.75, 3.05) is 36.0 Å². The third-order valence-electron chi connectivity index (χ3n) is 9.04. The molecule has 1 aromatic heterocycles. The summed E-state index contributed by atoms with van der Waals surface area (Å²) in [6.07, 6.45) is 0.453. The molecule has 0 spiro atoms. The van der Waals surface area contributed by atoms with E-state index in [1.54, 1.807) is 4.90 Å². The standard InChI is InChI=1S/C37H45N5O3/c1-24(2)28-15-8-9-16-30(28)42-32-23-39(31-17-11-14-27-13-10-12-25(3)33(27)31)19-18-29(32)34(38-35(42)43)41-21-20-40(22-26(41)4)36(44)45-37(5,6)7/h8-17,24,26H,18-23H2,1-7H3/t26-/m0/s1. The van der Waals surface area contributed by atoms with Crippen LogP contribution in [0.4, 0.5) is 16.3 Å². The zero-order valence-electron chi connectivity index (χ0n) is 27.6. The van der Waals surface area contributed by atoms with Gasteiger partial charge in [0.05, 0.1) is 17.9 Å². The van der Waals surface area contributed by atoms with E-state index in [2.05, 4.69) is 80.0 Å². The summed E-state index contributed by atoms with van der Waals surface area (Å²) in [5, 5.41) is 2.47. The zero-order valence-corrected chi connectivity index (χ0v) is 27.6. The number of benzene rings is 3. The van der Waals surface area contributed by atoms with Crippen LogP contribution in [0.25, 0.3) is 16.5 Å². The van der Waals surface area contributed by atoms with Gasteiger partial charge in [-0.05, 0) is 75.6 Å². The highest BCUT2D eigenvalue weighted by Crippen LogP contribution is 2.36. The van der Waals surface area contributed by atoms with Crippen LogP contribution in [0.1, 0.15) is 69.8 Å². The molecule has 4 aromatic rings. The molecule has 3 heterocycles. The van der Waals surface area contributed by atoms with Crippen LogP contribution < -0.4 is 15.5 Å². The monoisotopic (exact) mass is 607 g/mol. The average Bonchev–Trinajstić information content (AvgIpc) is 2.99. The van der Waals surface area contributed by atoms with Crippen LogP contribution in [0, 0.1) is 6.92 Å². The van der Waals surface area contributed by atoms with Crippen molar-refractivity contribution in [2.24, 2.45) is 0 Å². The smallest absolute Gasteiger partial charge is 0.410 e. The highest BCUT2D eigenvalue weighted by atomic mass is 16.6. The van der Waals surface area contributed by atoms with E-state index >= 15 is 0 Å². The molecule has 1 atom stereocenters. The second-order valence-electron chi connectivity index (χ2n) is 13.8. The third kappa shape index (κ3) is 5.90. The Morgan fingerprint density at radius 2 is 1.67 bits per heavy atom. The predicted molar refractivity (Wildman–Crippen MR) is 182 cm³/mol. The van der Waals surface area contributed by atoms with Crippen molar-refractivity contribution in [2.45, 2.75) is 79.0 Å². The molecule has 2 aliphatic heterocycles. The Hall–Kier alpha value is -4.33. The van der Waals surface area contributed by atoms with Crippen LogP contribution in [0.3, 0.4) is 0 Å². The van der Waals surface area contributed by atoms with Crippen LogP contribution in [-0.2, 0) is 17.7 Å². The number of fused-ring (bicyclic) bond motifs is 2. The second-order valence-corrected chi connectivity index (χ2v) is 13.8. The molecule has 0 bridgehead atoms. The molecule has 45 heavy (non-hydrogen) atoms. The minimum Gasteiger partial charge on any atom is -0.444 e. The SMILES string of the molecule is Cc1cccc2cccc(N3CCc4c(N5CCN(C(=O)OC(C)(C)C)C[C@@H]5C)nc(=O)n(-c5ccccc5C(C)C)c4C3)c12. The number of ether oxygens (including phenoxy) is 1. The van der Waals surface area contributed by atoms with Crippen molar-refractivity contribution in [1.29, 1.82) is 0 Å². The number of anilines is 2. The Kier molecular flexibility index (Phi) is 8.10. The molecular formula is C37H45N5O3. The summed E-state index contributed by atoms with van der Waals surface area (Å²) < 4.78 is 7.52. The quantitative estimate of drug-likeness (QED) is 0.253. The Bertz CT molecular complexity index is 1800. The summed E-state index contributed by atoms with van der Waals surface area (Å²) in [6, 6.07) is 21.1. The summed E-state index contributed by atoms with van der Waals surface area (Å²) in [7, 11) is 0. The van der Waals surface area contributed by atoms with Gasteiger partial charge in [0.25, 0.3) is 0 Å². The second kappa shape index (κ2) is 11.9. The van der Waals surface area contributed by atoms with Gasteiger partial charge in [-0.2, -0.15) is 4.98 Å². The number of hydrogen-bond acceptors (Lipinski definition) is 6. The molecule has 0 saturated carbocycles. The molecule has 1 fully saturated rings. The molecule has 0 unspecified atom stereocenters. The number of aryl methyl sites for hydroxylation is 1. The summed E-state index contributed by atoms with van der Waals surface area (Å²) in [6.45, 7) is 17.2. The maximum Gasteiger partial charge on any atom is 0.410 e. The van der Waals surface area contributed by atoms with E-state index in [9.17, 15) is 9.59 Å². The highest BCUT2D eigenvalue weighted by molar-refractivity contribution is 5.97. The number of para-hydroxylation sites is 1. The van der Waals surface area contributed by atoms with Crippen molar-refractivity contribution < 1.29 is 9.53 Å². The number of rotatable bonds is 4. The molecule has 2 aliphatic rings. The lowest BCUT2D eigenvalue weighted by molar-refractivity contribution is 0.0218. The normalized spacial score (nSPS) is 17.2. The van der Waals surface area contributed by atoms with E-state index in [1.807, 2.05) is 43.5 Å². The largest absolute Gasteiger partial charge is 0.444 e. The van der Waals surface area contributed by atoms with Gasteiger partial charge in [0.15, 0.2) is 0 Å². The molecule has 3 aromatic carbocycles. The lowest BCUT2D eigenvalue weighted by atomic mass is 9.97. The van der Waals surface area contributed by atoms with E-state index < -0.39 is 5.60 Å². The molecule has 8 heteroatoms. The van der Waals surface area contributed by atoms with Gasteiger partial charge in [0, 0.05) is 48.9 Å². The van der Waals surface area contributed by atoms with E-state index in [1.165, 1.54) is 22.0 Å². The van der Waals surface area contributed by atoms with Crippen LogP contribution >= 0.6 is 0 Å². The summed E-state index contributed by atoms with van der Waals surface area (Å²) in [4.78, 5) is 38.3. The van der Waals surface area contributed by atoms with Gasteiger partial charge in [-0.25, -0.2) is 9.59 Å². The van der Waals surface area contributed by atoms with Crippen molar-refractivity contribution in [3.8, 4) is 5.69 Å². The van der Waals surface area contributed by atoms with Crippen LogP contribution in [0.5, 0.6) is 0 Å². The van der Waals surface area contributed by atoms with Gasteiger partial charge in [-0.1, -0.05) is 62.4 Å². The molecule has 8 nitrogen and oxygen atoms in total. The Balaban J connectivity index is 1.45. The molecule has 6 rings (SSSR count). The summed E-state index contributed by atoms with van der Waals surface area (Å²) in [5.41, 5.74) is 5.71. The van der Waals surface area contributed by atoms with E-state index in [0.717, 1.165) is 41.3 Å². The maximum absolute atomic E-state index is 14.2. The topological polar surface area (TPSA) is 70.9 Å². The molecule has 1 saturated heterocycles. The van der Waals surface area contributed by atoms with Crippen molar-refractivity contribution in [3.05, 3.63) is 93.5 Å². The minimum absolute atomic E-state index is 0.0279. The Morgan fingerprint density at radius 1 is 0.956 bits per heavy atom. The van der Waals surface area contributed by atoms with E-state index in [-0.39, 0.29) is 23.7 Å². The molecular weight excluding hydrogens is 562 g/mol. The van der Waals surface area contributed by atoms with Gasteiger partial charge in [0.2, 0.25) is 0 Å². The summed E-state index contributed by atoms with van der Waals surface area (Å²) >= 11 is 0. The number of hydrogen-bond donors (Lipinski definition) is 0. The molecule has 0 aliphatic carbocycles. The van der Waals surface area contributed by atoms with Gasteiger partial charge >= 0.3 is 11.8 Å². The third-order valence-corrected chi connectivity index (χ3v) is 9.04. The minimum atomic E-state index is -0.552. The first-order valence-corrected chi connectivity index (χ1v) is 16.1. The fourth-order valence-corrected chi connectivity index (χ4v) is 6.92. The number of carbonyl (C=O) groups excluding carboxylic acids is 1. The van der Waals surface area contributed by atoms with Crippen molar-refractivity contribution >= 4 is 28.4 Å². The van der Waals surface area contributed by atoms with E-state index in [0.29, 0.717) is 26.2 Å². The van der Waals surface area contributed by atoms with Crippen molar-refractivity contribution in [3.63, 3.8) is 0 Å². The molecule has 236 valence electrons. The molecule has 0 radical (unpaired) electrons. The highest BCUT2D eigenvalue weighted by Gasteiger charge is 2.35. The maximum atomic E-state index is 14.2. The Labute approximate surface area is 266 Å². The van der Waals surface area contributed by atoms with Gasteiger partial charge in [-0.3, -0.25) is 4.57 Å². The first-order chi connectivity index (χ1) is 21.4. The van der Waals surface area contributed by atoms with Gasteiger partial charge in [0.1, 0.15) is 11.4 Å². The van der Waals surface area contributed by atoms with Crippen LogP contribution in [0.15, 0.2) is 65.5 Å². The lowest BCUT2D eigenvalue weighted by Crippen LogP contribution is -2.55. The lowest BCUT2D eigenvalue weighted by Gasteiger charge is -2.42. The van der Waals surface area contributed by atoms with Gasteiger partial charge < -0.3 is 19.4 Å². The number of nitrogens with zero attached hydrogens (tertiary/aromatic N) is 5. The van der Waals surface area contributed by atoms with Crippen molar-refractivity contribution in [1.82, 2.24) is 14.5 Å². The fraction of sp³-hybridized carbons (Fsp3) is 0.432. The van der Waals surface area contributed by atoms with E-state index in [4.69, 9.17) is 9.72 Å². The van der Waals surface area contributed by atoms with Crippen LogP contribution in [0.2, 0.25) is 0 Å². The zero-order chi connectivity index (χ0) is 32.0. The average molecular weight is 608 g/mol. The first kappa shape index (κ1) is 30.7. The molecule has 1 amide bonds. The van der Waals surface area contributed by atoms with Crippen LogP contribution in [-0.4, -0.2) is 58.4 Å². The number of amides is 1. The Morgan fingerprint density at radius 3 is 2.38 bits per heavy atom. The predicted octanol–water partition coefficient (Wildman–Crippen LogP) is 6.83. The number of piperazine rings is 1. The van der Waals surface area contributed by atoms with Gasteiger partial charge in [-0.15, -0.1) is 0 Å². The first-order valence-electron chi connectivity index (χ1n) is 16.1.